The smallest absolute Gasteiger partial charge is 0.423 e. The molecule has 0 radical (unpaired) electrons. The summed E-state index contributed by atoms with van der Waals surface area (Å²) in [6.07, 6.45) is 0.438. The van der Waals surface area contributed by atoms with Crippen molar-refractivity contribution in [2.24, 2.45) is 0 Å². The largest absolute Gasteiger partial charge is 0.489 e. The quantitative estimate of drug-likeness (QED) is 0.619. The Morgan fingerprint density at radius 3 is 2.57 bits per heavy atom. The standard InChI is InChI=1S/C9H10BBrO3/c1-2-9(12)6-3-4-7(10(13)14)8(11)5-6/h3-5,13-14H,2H2,1H3. The monoisotopic (exact) mass is 256 g/mol. The zero-order valence-corrected chi connectivity index (χ0v) is 9.28. The lowest BCUT2D eigenvalue weighted by molar-refractivity contribution is 0.0988. The predicted octanol–water partition coefficient (Wildman–Crippen LogP) is 0.722. The number of halogens is 1. The molecule has 1 rings (SSSR count). The van der Waals surface area contributed by atoms with Crippen LogP contribution in [0.15, 0.2) is 22.7 Å². The highest BCUT2D eigenvalue weighted by molar-refractivity contribution is 9.10. The third-order valence-electron chi connectivity index (χ3n) is 1.92. The first-order chi connectivity index (χ1) is 6.56. The van der Waals surface area contributed by atoms with Crippen molar-refractivity contribution in [3.05, 3.63) is 28.2 Å². The molecule has 0 fully saturated rings. The minimum absolute atomic E-state index is 0.0321. The lowest BCUT2D eigenvalue weighted by Gasteiger charge is -2.04. The van der Waals surface area contributed by atoms with E-state index in [4.69, 9.17) is 10.0 Å². The SMILES string of the molecule is CCC(=O)c1ccc(B(O)O)c(Br)c1. The topological polar surface area (TPSA) is 57.5 Å². The van der Waals surface area contributed by atoms with E-state index in [0.717, 1.165) is 0 Å². The molecule has 5 heteroatoms. The summed E-state index contributed by atoms with van der Waals surface area (Å²) in [5, 5.41) is 17.9. The number of Topliss-reactive ketones (excluding diaryl/α,β-unsaturated/α-hetero) is 1. The van der Waals surface area contributed by atoms with Crippen molar-refractivity contribution in [1.82, 2.24) is 0 Å². The van der Waals surface area contributed by atoms with Crippen LogP contribution in [0.4, 0.5) is 0 Å². The summed E-state index contributed by atoms with van der Waals surface area (Å²) < 4.78 is 0.534. The zero-order valence-electron chi connectivity index (χ0n) is 7.70. The highest BCUT2D eigenvalue weighted by atomic mass is 79.9. The van der Waals surface area contributed by atoms with Crippen LogP contribution in [0, 0.1) is 0 Å². The number of hydrogen-bond acceptors (Lipinski definition) is 3. The number of ketones is 1. The molecular weight excluding hydrogens is 247 g/mol. The van der Waals surface area contributed by atoms with E-state index in [0.29, 0.717) is 21.9 Å². The molecule has 14 heavy (non-hydrogen) atoms. The van der Waals surface area contributed by atoms with Gasteiger partial charge in [-0.15, -0.1) is 0 Å². The van der Waals surface area contributed by atoms with Crippen LogP contribution >= 0.6 is 15.9 Å². The molecule has 0 saturated heterocycles. The minimum Gasteiger partial charge on any atom is -0.423 e. The average molecular weight is 257 g/mol. The van der Waals surface area contributed by atoms with Gasteiger partial charge < -0.3 is 10.0 Å². The summed E-state index contributed by atoms with van der Waals surface area (Å²) in [5.74, 6) is 0.0321. The number of carbonyl (C=O) groups excluding carboxylic acids is 1. The molecule has 0 bridgehead atoms. The molecule has 2 N–H and O–H groups in total. The van der Waals surface area contributed by atoms with Crippen molar-refractivity contribution in [2.45, 2.75) is 13.3 Å². The van der Waals surface area contributed by atoms with Gasteiger partial charge in [-0.25, -0.2) is 0 Å². The van der Waals surface area contributed by atoms with E-state index >= 15 is 0 Å². The second-order valence-electron chi connectivity index (χ2n) is 2.89. The molecule has 74 valence electrons. The van der Waals surface area contributed by atoms with Crippen molar-refractivity contribution < 1.29 is 14.8 Å². The number of benzene rings is 1. The van der Waals surface area contributed by atoms with Gasteiger partial charge in [0.15, 0.2) is 5.78 Å². The normalized spacial score (nSPS) is 10.0. The van der Waals surface area contributed by atoms with E-state index < -0.39 is 7.12 Å². The minimum atomic E-state index is -1.52. The second-order valence-corrected chi connectivity index (χ2v) is 3.74. The van der Waals surface area contributed by atoms with Crippen LogP contribution < -0.4 is 5.46 Å². The highest BCUT2D eigenvalue weighted by Gasteiger charge is 2.15. The van der Waals surface area contributed by atoms with Gasteiger partial charge in [-0.05, 0) is 11.5 Å². The lowest BCUT2D eigenvalue weighted by atomic mass is 9.80. The number of hydrogen-bond donors (Lipinski definition) is 2. The average Bonchev–Trinajstić information content (AvgIpc) is 2.15. The van der Waals surface area contributed by atoms with Crippen LogP contribution in [0.25, 0.3) is 0 Å². The van der Waals surface area contributed by atoms with Crippen molar-refractivity contribution >= 4 is 34.3 Å². The third-order valence-corrected chi connectivity index (χ3v) is 2.61. The van der Waals surface area contributed by atoms with Crippen LogP contribution in [-0.4, -0.2) is 22.9 Å². The first kappa shape index (κ1) is 11.4. The maximum Gasteiger partial charge on any atom is 0.489 e. The molecule has 0 aromatic heterocycles. The molecule has 1 aromatic rings. The molecule has 0 unspecified atom stereocenters. The van der Waals surface area contributed by atoms with Crippen LogP contribution in [0.5, 0.6) is 0 Å². The summed E-state index contributed by atoms with van der Waals surface area (Å²) in [6, 6.07) is 4.71. The molecule has 0 heterocycles. The van der Waals surface area contributed by atoms with E-state index in [1.807, 2.05) is 0 Å². The summed E-state index contributed by atoms with van der Waals surface area (Å²) in [5.41, 5.74) is 0.932. The molecular formula is C9H10BBrO3. The Kier molecular flexibility index (Phi) is 3.86. The molecule has 0 aliphatic heterocycles. The fourth-order valence-electron chi connectivity index (χ4n) is 1.11. The summed E-state index contributed by atoms with van der Waals surface area (Å²) in [7, 11) is -1.52. The fraction of sp³-hybridized carbons (Fsp3) is 0.222. The summed E-state index contributed by atoms with van der Waals surface area (Å²) in [4.78, 5) is 11.3. The van der Waals surface area contributed by atoms with Crippen molar-refractivity contribution in [2.75, 3.05) is 0 Å². The lowest BCUT2D eigenvalue weighted by Crippen LogP contribution is -2.31. The molecule has 3 nitrogen and oxygen atoms in total. The first-order valence-electron chi connectivity index (χ1n) is 4.25. The van der Waals surface area contributed by atoms with E-state index in [1.54, 1.807) is 19.1 Å². The first-order valence-corrected chi connectivity index (χ1v) is 5.04. The Hall–Kier alpha value is -0.645. The number of carbonyl (C=O) groups is 1. The highest BCUT2D eigenvalue weighted by Crippen LogP contribution is 2.11. The van der Waals surface area contributed by atoms with Gasteiger partial charge in [-0.3, -0.25) is 4.79 Å². The van der Waals surface area contributed by atoms with Gasteiger partial charge in [0.2, 0.25) is 0 Å². The predicted molar refractivity (Wildman–Crippen MR) is 58.6 cm³/mol. The number of rotatable bonds is 3. The van der Waals surface area contributed by atoms with Crippen LogP contribution in [0.3, 0.4) is 0 Å². The Morgan fingerprint density at radius 1 is 1.50 bits per heavy atom. The van der Waals surface area contributed by atoms with E-state index in [1.165, 1.54) is 6.07 Å². The third kappa shape index (κ3) is 2.44. The maximum absolute atomic E-state index is 11.3. The van der Waals surface area contributed by atoms with E-state index in [2.05, 4.69) is 15.9 Å². The van der Waals surface area contributed by atoms with E-state index in [9.17, 15) is 4.79 Å². The molecule has 0 aliphatic rings. The van der Waals surface area contributed by atoms with Gasteiger partial charge in [0.25, 0.3) is 0 Å². The van der Waals surface area contributed by atoms with Crippen LogP contribution in [-0.2, 0) is 0 Å². The van der Waals surface area contributed by atoms with Gasteiger partial charge >= 0.3 is 7.12 Å². The van der Waals surface area contributed by atoms with Crippen LogP contribution in [0.2, 0.25) is 0 Å². The summed E-state index contributed by atoms with van der Waals surface area (Å²) >= 11 is 3.17. The molecule has 0 atom stereocenters. The molecule has 0 saturated carbocycles. The maximum atomic E-state index is 11.3. The molecule has 0 amide bonds. The Balaban J connectivity index is 3.06. The van der Waals surface area contributed by atoms with E-state index in [-0.39, 0.29) is 5.78 Å². The second kappa shape index (κ2) is 4.73. The van der Waals surface area contributed by atoms with Gasteiger partial charge in [0.1, 0.15) is 0 Å². The van der Waals surface area contributed by atoms with Gasteiger partial charge in [-0.1, -0.05) is 35.0 Å². The molecule has 0 spiro atoms. The van der Waals surface area contributed by atoms with Crippen LogP contribution in [0.1, 0.15) is 23.7 Å². The van der Waals surface area contributed by atoms with Crippen molar-refractivity contribution in [3.8, 4) is 0 Å². The Morgan fingerprint density at radius 2 is 2.14 bits per heavy atom. The Bertz CT molecular complexity index is 352. The Labute approximate surface area is 91.0 Å². The van der Waals surface area contributed by atoms with Crippen molar-refractivity contribution in [1.29, 1.82) is 0 Å². The molecule has 0 aliphatic carbocycles. The van der Waals surface area contributed by atoms with Gasteiger partial charge in [-0.2, -0.15) is 0 Å². The fourth-order valence-corrected chi connectivity index (χ4v) is 1.70. The molecule has 1 aromatic carbocycles. The van der Waals surface area contributed by atoms with Gasteiger partial charge in [0.05, 0.1) is 0 Å². The zero-order chi connectivity index (χ0) is 10.7. The van der Waals surface area contributed by atoms with Gasteiger partial charge in [0, 0.05) is 16.5 Å². The van der Waals surface area contributed by atoms with Crippen molar-refractivity contribution in [3.63, 3.8) is 0 Å². The summed E-state index contributed by atoms with van der Waals surface area (Å²) in [6.45, 7) is 1.78.